The third-order valence-electron chi connectivity index (χ3n) is 3.82. The van der Waals surface area contributed by atoms with Gasteiger partial charge in [0.05, 0.1) is 6.21 Å². The van der Waals surface area contributed by atoms with Crippen LogP contribution in [0, 0.1) is 13.8 Å². The number of hydrogen-bond donors (Lipinski definition) is 1. The van der Waals surface area contributed by atoms with Gasteiger partial charge in [0.1, 0.15) is 0 Å². The molecule has 3 nitrogen and oxygen atoms in total. The Kier molecular flexibility index (Phi) is 4.99. The zero-order valence-corrected chi connectivity index (χ0v) is 14.5. The Balaban J connectivity index is 2.05. The lowest BCUT2D eigenvalue weighted by atomic mass is 9.87. The largest absolute Gasteiger partial charge is 0.271 e. The number of benzene rings is 2. The summed E-state index contributed by atoms with van der Waals surface area (Å²) in [4.78, 5) is 12.1. The molecule has 0 aliphatic carbocycles. The molecule has 3 heteroatoms. The first-order chi connectivity index (χ1) is 10.8. The van der Waals surface area contributed by atoms with Gasteiger partial charge < -0.3 is 0 Å². The number of carbonyl (C=O) groups is 1. The van der Waals surface area contributed by atoms with Crippen molar-refractivity contribution < 1.29 is 4.79 Å². The van der Waals surface area contributed by atoms with Crippen LogP contribution in [0.5, 0.6) is 0 Å². The van der Waals surface area contributed by atoms with Crippen molar-refractivity contribution in [3.05, 3.63) is 70.3 Å². The summed E-state index contributed by atoms with van der Waals surface area (Å²) in [6, 6.07) is 13.8. The predicted molar refractivity (Wildman–Crippen MR) is 96.1 cm³/mol. The minimum Gasteiger partial charge on any atom is -0.267 e. The SMILES string of the molecule is Cc1ccc(C)c(C=NNC(=O)c2ccc(C(C)(C)C)cc2)c1. The van der Waals surface area contributed by atoms with Crippen LogP contribution < -0.4 is 5.43 Å². The van der Waals surface area contributed by atoms with Crippen LogP contribution >= 0.6 is 0 Å². The average Bonchev–Trinajstić information content (AvgIpc) is 2.50. The third kappa shape index (κ3) is 4.52. The van der Waals surface area contributed by atoms with Crippen LogP contribution in [0.25, 0.3) is 0 Å². The molecule has 0 unspecified atom stereocenters. The molecular formula is C20H24N2O. The summed E-state index contributed by atoms with van der Waals surface area (Å²) in [5.41, 5.74) is 7.77. The summed E-state index contributed by atoms with van der Waals surface area (Å²) in [5.74, 6) is -0.202. The number of hydrazone groups is 1. The number of aryl methyl sites for hydroxylation is 2. The van der Waals surface area contributed by atoms with Crippen LogP contribution in [0.15, 0.2) is 47.6 Å². The Hall–Kier alpha value is -2.42. The molecule has 1 N–H and O–H groups in total. The molecule has 2 rings (SSSR count). The van der Waals surface area contributed by atoms with E-state index in [9.17, 15) is 4.79 Å². The number of nitrogens with zero attached hydrogens (tertiary/aromatic N) is 1. The molecule has 0 bridgehead atoms. The molecule has 2 aromatic carbocycles. The van der Waals surface area contributed by atoms with Gasteiger partial charge in [-0.05, 0) is 48.1 Å². The van der Waals surface area contributed by atoms with E-state index in [1.807, 2.05) is 50.2 Å². The lowest BCUT2D eigenvalue weighted by molar-refractivity contribution is 0.0955. The number of carbonyl (C=O) groups excluding carboxylic acids is 1. The van der Waals surface area contributed by atoms with E-state index in [0.717, 1.165) is 11.1 Å². The highest BCUT2D eigenvalue weighted by Gasteiger charge is 2.14. The van der Waals surface area contributed by atoms with Crippen LogP contribution in [0.1, 0.15) is 53.4 Å². The van der Waals surface area contributed by atoms with Gasteiger partial charge in [-0.3, -0.25) is 4.79 Å². The van der Waals surface area contributed by atoms with E-state index < -0.39 is 0 Å². The molecule has 0 spiro atoms. The summed E-state index contributed by atoms with van der Waals surface area (Å²) in [6.07, 6.45) is 1.68. The van der Waals surface area contributed by atoms with Gasteiger partial charge in [-0.15, -0.1) is 0 Å². The Morgan fingerprint density at radius 3 is 2.30 bits per heavy atom. The molecule has 0 fully saturated rings. The molecule has 0 aliphatic heterocycles. The number of rotatable bonds is 3. The van der Waals surface area contributed by atoms with E-state index in [-0.39, 0.29) is 11.3 Å². The second-order valence-electron chi connectivity index (χ2n) is 6.89. The highest BCUT2D eigenvalue weighted by atomic mass is 16.2. The minimum atomic E-state index is -0.202. The zero-order chi connectivity index (χ0) is 17.0. The Labute approximate surface area is 138 Å². The van der Waals surface area contributed by atoms with Crippen LogP contribution in [0.3, 0.4) is 0 Å². The molecule has 0 saturated heterocycles. The molecule has 2 aromatic rings. The number of hydrogen-bond acceptors (Lipinski definition) is 2. The Morgan fingerprint density at radius 2 is 1.70 bits per heavy atom. The van der Waals surface area contributed by atoms with Gasteiger partial charge in [-0.1, -0.05) is 56.7 Å². The van der Waals surface area contributed by atoms with E-state index in [0.29, 0.717) is 5.56 Å². The summed E-state index contributed by atoms with van der Waals surface area (Å²) >= 11 is 0. The molecule has 0 aliphatic rings. The lowest BCUT2D eigenvalue weighted by Gasteiger charge is -2.18. The first-order valence-electron chi connectivity index (χ1n) is 7.78. The van der Waals surface area contributed by atoms with Crippen LogP contribution in [0.2, 0.25) is 0 Å². The van der Waals surface area contributed by atoms with E-state index >= 15 is 0 Å². The fraction of sp³-hybridized carbons (Fsp3) is 0.300. The van der Waals surface area contributed by atoms with Crippen molar-refractivity contribution in [1.29, 1.82) is 0 Å². The normalized spacial score (nSPS) is 11.7. The Morgan fingerprint density at radius 1 is 1.04 bits per heavy atom. The first kappa shape index (κ1) is 16.9. The van der Waals surface area contributed by atoms with Gasteiger partial charge >= 0.3 is 0 Å². The van der Waals surface area contributed by atoms with Crippen molar-refractivity contribution in [3.63, 3.8) is 0 Å². The van der Waals surface area contributed by atoms with Crippen molar-refractivity contribution in [2.24, 2.45) is 5.10 Å². The molecule has 0 aromatic heterocycles. The van der Waals surface area contributed by atoms with Crippen molar-refractivity contribution in [2.45, 2.75) is 40.0 Å². The number of nitrogens with one attached hydrogen (secondary N) is 1. The van der Waals surface area contributed by atoms with Crippen molar-refractivity contribution in [3.8, 4) is 0 Å². The van der Waals surface area contributed by atoms with E-state index in [1.165, 1.54) is 11.1 Å². The summed E-state index contributed by atoms with van der Waals surface area (Å²) in [6.45, 7) is 10.5. The lowest BCUT2D eigenvalue weighted by Crippen LogP contribution is -2.18. The van der Waals surface area contributed by atoms with Gasteiger partial charge in [0.2, 0.25) is 0 Å². The third-order valence-corrected chi connectivity index (χ3v) is 3.82. The number of amides is 1. The molecular weight excluding hydrogens is 284 g/mol. The van der Waals surface area contributed by atoms with Crippen LogP contribution in [-0.2, 0) is 5.41 Å². The quantitative estimate of drug-likeness (QED) is 0.664. The van der Waals surface area contributed by atoms with Crippen molar-refractivity contribution in [1.82, 2.24) is 5.43 Å². The van der Waals surface area contributed by atoms with E-state index in [1.54, 1.807) is 6.21 Å². The Bertz CT molecular complexity index is 722. The summed E-state index contributed by atoms with van der Waals surface area (Å²) < 4.78 is 0. The predicted octanol–water partition coefficient (Wildman–Crippen LogP) is 4.36. The van der Waals surface area contributed by atoms with Crippen molar-refractivity contribution >= 4 is 12.1 Å². The first-order valence-corrected chi connectivity index (χ1v) is 7.78. The van der Waals surface area contributed by atoms with Crippen LogP contribution in [0.4, 0.5) is 0 Å². The van der Waals surface area contributed by atoms with Gasteiger partial charge in [0.25, 0.3) is 5.91 Å². The molecule has 120 valence electrons. The van der Waals surface area contributed by atoms with E-state index in [4.69, 9.17) is 0 Å². The molecule has 0 atom stereocenters. The average molecular weight is 308 g/mol. The maximum atomic E-state index is 12.1. The maximum absolute atomic E-state index is 12.1. The van der Waals surface area contributed by atoms with Crippen molar-refractivity contribution in [2.75, 3.05) is 0 Å². The van der Waals surface area contributed by atoms with E-state index in [2.05, 4.69) is 37.4 Å². The molecule has 0 radical (unpaired) electrons. The smallest absolute Gasteiger partial charge is 0.267 e. The zero-order valence-electron chi connectivity index (χ0n) is 14.5. The van der Waals surface area contributed by atoms with Gasteiger partial charge in [0.15, 0.2) is 0 Å². The fourth-order valence-electron chi connectivity index (χ4n) is 2.25. The summed E-state index contributed by atoms with van der Waals surface area (Å²) in [7, 11) is 0. The van der Waals surface area contributed by atoms with Gasteiger partial charge in [-0.25, -0.2) is 5.43 Å². The molecule has 23 heavy (non-hydrogen) atoms. The fourth-order valence-corrected chi connectivity index (χ4v) is 2.25. The highest BCUT2D eigenvalue weighted by Crippen LogP contribution is 2.22. The van der Waals surface area contributed by atoms with Gasteiger partial charge in [-0.2, -0.15) is 5.10 Å². The topological polar surface area (TPSA) is 41.5 Å². The van der Waals surface area contributed by atoms with Crippen LogP contribution in [-0.4, -0.2) is 12.1 Å². The monoisotopic (exact) mass is 308 g/mol. The highest BCUT2D eigenvalue weighted by molar-refractivity contribution is 5.95. The standard InChI is InChI=1S/C20H24N2O/c1-14-6-7-15(2)17(12-14)13-21-22-19(23)16-8-10-18(11-9-16)20(3,4)5/h6-13H,1-5H3,(H,22,23). The maximum Gasteiger partial charge on any atom is 0.271 e. The summed E-state index contributed by atoms with van der Waals surface area (Å²) in [5, 5.41) is 4.07. The molecule has 0 saturated carbocycles. The van der Waals surface area contributed by atoms with Gasteiger partial charge in [0, 0.05) is 5.56 Å². The minimum absolute atomic E-state index is 0.0792. The second kappa shape index (κ2) is 6.78. The molecule has 0 heterocycles. The molecule has 1 amide bonds. The second-order valence-corrected chi connectivity index (χ2v) is 6.89.